The molecule has 67 heavy (non-hydrogen) atoms. The zero-order valence-corrected chi connectivity index (χ0v) is 44.7. The molecule has 0 aliphatic heterocycles. The summed E-state index contributed by atoms with van der Waals surface area (Å²) in [7, 11) is 0. The van der Waals surface area contributed by atoms with Crippen LogP contribution in [0.25, 0.3) is 0 Å². The van der Waals surface area contributed by atoms with E-state index in [0.29, 0.717) is 19.3 Å². The lowest BCUT2D eigenvalue weighted by molar-refractivity contribution is -0.167. The molecule has 0 unspecified atom stereocenters. The molecule has 0 N–H and O–H groups in total. The van der Waals surface area contributed by atoms with Crippen LogP contribution in [0.15, 0.2) is 48.6 Å². The van der Waals surface area contributed by atoms with Crippen LogP contribution in [0.3, 0.4) is 0 Å². The minimum atomic E-state index is -0.781. The molecule has 0 bridgehead atoms. The number of rotatable bonds is 53. The van der Waals surface area contributed by atoms with Gasteiger partial charge in [-0.15, -0.1) is 0 Å². The topological polar surface area (TPSA) is 78.9 Å². The van der Waals surface area contributed by atoms with Crippen molar-refractivity contribution in [2.75, 3.05) is 13.2 Å². The van der Waals surface area contributed by atoms with E-state index in [-0.39, 0.29) is 31.1 Å². The van der Waals surface area contributed by atoms with E-state index in [1.807, 2.05) is 0 Å². The summed E-state index contributed by atoms with van der Waals surface area (Å²) in [6, 6.07) is 0. The molecule has 0 aromatic rings. The first-order chi connectivity index (χ1) is 33.0. The molecule has 6 heteroatoms. The van der Waals surface area contributed by atoms with Gasteiger partial charge >= 0.3 is 17.9 Å². The normalized spacial score (nSPS) is 12.3. The second kappa shape index (κ2) is 56.0. The molecule has 0 radical (unpaired) electrons. The zero-order valence-electron chi connectivity index (χ0n) is 44.7. The van der Waals surface area contributed by atoms with Crippen molar-refractivity contribution in [3.05, 3.63) is 48.6 Å². The average molecular weight is 940 g/mol. The van der Waals surface area contributed by atoms with Crippen LogP contribution in [0, 0.1) is 0 Å². The number of carbonyl (C=O) groups excluding carboxylic acids is 3. The monoisotopic (exact) mass is 939 g/mol. The summed E-state index contributed by atoms with van der Waals surface area (Å²) in [4.78, 5) is 38.2. The molecular formula is C61H110O6. The number of esters is 3. The van der Waals surface area contributed by atoms with Crippen molar-refractivity contribution >= 4 is 17.9 Å². The van der Waals surface area contributed by atoms with Gasteiger partial charge in [0.1, 0.15) is 13.2 Å². The second-order valence-electron chi connectivity index (χ2n) is 19.5. The molecule has 0 aliphatic rings. The fraction of sp³-hybridized carbons (Fsp3) is 0.820. The van der Waals surface area contributed by atoms with Crippen molar-refractivity contribution < 1.29 is 28.6 Å². The molecule has 0 rings (SSSR count). The molecule has 390 valence electrons. The van der Waals surface area contributed by atoms with Gasteiger partial charge in [0, 0.05) is 19.3 Å². The van der Waals surface area contributed by atoms with Crippen LogP contribution >= 0.6 is 0 Å². The summed E-state index contributed by atoms with van der Waals surface area (Å²) in [6.45, 7) is 6.61. The van der Waals surface area contributed by atoms with Crippen molar-refractivity contribution in [3.8, 4) is 0 Å². The van der Waals surface area contributed by atoms with Gasteiger partial charge in [-0.1, -0.05) is 230 Å². The minimum Gasteiger partial charge on any atom is -0.462 e. The van der Waals surface area contributed by atoms with Crippen molar-refractivity contribution in [2.24, 2.45) is 0 Å². The Morgan fingerprint density at radius 2 is 0.537 bits per heavy atom. The molecule has 0 heterocycles. The molecule has 0 fully saturated rings. The van der Waals surface area contributed by atoms with Crippen LogP contribution in [-0.2, 0) is 28.6 Å². The highest BCUT2D eigenvalue weighted by Crippen LogP contribution is 2.15. The molecule has 1 atom stereocenters. The Kier molecular flexibility index (Phi) is 53.8. The average Bonchev–Trinajstić information content (AvgIpc) is 3.33. The number of allylic oxidation sites excluding steroid dienone is 8. The van der Waals surface area contributed by atoms with Crippen molar-refractivity contribution in [1.29, 1.82) is 0 Å². The highest BCUT2D eigenvalue weighted by Gasteiger charge is 2.19. The van der Waals surface area contributed by atoms with E-state index in [1.54, 1.807) is 0 Å². The zero-order chi connectivity index (χ0) is 48.6. The summed E-state index contributed by atoms with van der Waals surface area (Å²) in [5, 5.41) is 0. The third kappa shape index (κ3) is 54.2. The second-order valence-corrected chi connectivity index (χ2v) is 19.5. The number of ether oxygens (including phenoxy) is 3. The van der Waals surface area contributed by atoms with Gasteiger partial charge in [-0.3, -0.25) is 14.4 Å². The molecule has 0 aromatic heterocycles. The van der Waals surface area contributed by atoms with E-state index in [0.717, 1.165) is 77.0 Å². The van der Waals surface area contributed by atoms with Crippen molar-refractivity contribution in [1.82, 2.24) is 0 Å². The van der Waals surface area contributed by atoms with Crippen LogP contribution < -0.4 is 0 Å². The molecular weight excluding hydrogens is 829 g/mol. The van der Waals surface area contributed by atoms with Gasteiger partial charge < -0.3 is 14.2 Å². The fourth-order valence-electron chi connectivity index (χ4n) is 8.35. The van der Waals surface area contributed by atoms with E-state index in [1.165, 1.54) is 186 Å². The molecule has 0 aliphatic carbocycles. The summed E-state index contributed by atoms with van der Waals surface area (Å²) in [5.74, 6) is -0.886. The molecule has 0 spiro atoms. The number of hydrogen-bond acceptors (Lipinski definition) is 6. The third-order valence-electron chi connectivity index (χ3n) is 12.8. The summed E-state index contributed by atoms with van der Waals surface area (Å²) >= 11 is 0. The Morgan fingerprint density at radius 3 is 0.881 bits per heavy atom. The largest absolute Gasteiger partial charge is 0.462 e. The smallest absolute Gasteiger partial charge is 0.306 e. The maximum absolute atomic E-state index is 12.8. The lowest BCUT2D eigenvalue weighted by Crippen LogP contribution is -2.30. The van der Waals surface area contributed by atoms with Crippen LogP contribution in [0.5, 0.6) is 0 Å². The van der Waals surface area contributed by atoms with Gasteiger partial charge in [0.15, 0.2) is 6.10 Å². The van der Waals surface area contributed by atoms with Crippen molar-refractivity contribution in [3.63, 3.8) is 0 Å². The third-order valence-corrected chi connectivity index (χ3v) is 12.8. The lowest BCUT2D eigenvalue weighted by Gasteiger charge is -2.18. The quantitative estimate of drug-likeness (QED) is 0.0262. The van der Waals surface area contributed by atoms with Gasteiger partial charge in [-0.05, 0) is 103 Å². The number of hydrogen-bond donors (Lipinski definition) is 0. The minimum absolute atomic E-state index is 0.0789. The van der Waals surface area contributed by atoms with Gasteiger partial charge in [0.25, 0.3) is 0 Å². The molecule has 0 aromatic carbocycles. The highest BCUT2D eigenvalue weighted by atomic mass is 16.6. The summed E-state index contributed by atoms with van der Waals surface area (Å²) in [6.07, 6.45) is 68.1. The predicted molar refractivity (Wildman–Crippen MR) is 289 cm³/mol. The van der Waals surface area contributed by atoms with E-state index < -0.39 is 6.10 Å². The SMILES string of the molecule is CCCCC/C=C\C/C=C\CCCCCCCC(=O)OC[C@H](COC(=O)CCCCCCCCCCC/C=C\CCCCCCCC)OC(=O)CCCCCCCCC/C=C\CCCCCC. The number of unbranched alkanes of at least 4 members (excludes halogenated alkanes) is 34. The van der Waals surface area contributed by atoms with E-state index in [9.17, 15) is 14.4 Å². The van der Waals surface area contributed by atoms with E-state index >= 15 is 0 Å². The summed E-state index contributed by atoms with van der Waals surface area (Å²) < 4.78 is 16.9. The number of carbonyl (C=O) groups is 3. The molecule has 6 nitrogen and oxygen atoms in total. The first kappa shape index (κ1) is 64.4. The first-order valence-electron chi connectivity index (χ1n) is 29.1. The van der Waals surface area contributed by atoms with Gasteiger partial charge in [-0.2, -0.15) is 0 Å². The maximum Gasteiger partial charge on any atom is 0.306 e. The van der Waals surface area contributed by atoms with E-state index in [4.69, 9.17) is 14.2 Å². The highest BCUT2D eigenvalue weighted by molar-refractivity contribution is 5.71. The Morgan fingerprint density at radius 1 is 0.299 bits per heavy atom. The van der Waals surface area contributed by atoms with Crippen LogP contribution in [0.2, 0.25) is 0 Å². The Balaban J connectivity index is 4.36. The maximum atomic E-state index is 12.8. The fourth-order valence-corrected chi connectivity index (χ4v) is 8.35. The van der Waals surface area contributed by atoms with Crippen molar-refractivity contribution in [2.45, 2.75) is 309 Å². The Labute approximate surface area is 416 Å². The molecule has 0 amide bonds. The Hall–Kier alpha value is -2.63. The first-order valence-corrected chi connectivity index (χ1v) is 29.1. The molecule has 0 saturated carbocycles. The predicted octanol–water partition coefficient (Wildman–Crippen LogP) is 19.4. The van der Waals surface area contributed by atoms with Gasteiger partial charge in [0.2, 0.25) is 0 Å². The summed E-state index contributed by atoms with van der Waals surface area (Å²) in [5.41, 5.74) is 0. The van der Waals surface area contributed by atoms with Gasteiger partial charge in [0.05, 0.1) is 0 Å². The lowest BCUT2D eigenvalue weighted by atomic mass is 10.1. The van der Waals surface area contributed by atoms with Crippen LogP contribution in [-0.4, -0.2) is 37.2 Å². The van der Waals surface area contributed by atoms with E-state index in [2.05, 4.69) is 69.4 Å². The molecule has 0 saturated heterocycles. The van der Waals surface area contributed by atoms with Gasteiger partial charge in [-0.25, -0.2) is 0 Å². The Bertz CT molecular complexity index is 1170. The van der Waals surface area contributed by atoms with Crippen LogP contribution in [0.4, 0.5) is 0 Å². The van der Waals surface area contributed by atoms with Crippen LogP contribution in [0.1, 0.15) is 303 Å². The standard InChI is InChI=1S/C61H110O6/c1-4-7-10-13-16-19-22-25-28-29-30-31-34-36-39-42-45-48-51-54-60(63)66-57-58(67-61(64)55-52-49-46-43-40-37-33-27-24-21-18-15-12-9-6-3)56-65-59(62)53-50-47-44-41-38-35-32-26-23-20-17-14-11-8-5-2/h17,20-21,24-26,28,32,58H,4-16,18-19,22-23,27,29-31,33-57H2,1-3H3/b20-17-,24-21-,28-25-,32-26-/t58-/m1/s1.